The average molecular weight is 574 g/mol. The number of nitrogens with zero attached hydrogens (tertiary/aromatic N) is 3. The fraction of sp³-hybridized carbons (Fsp3) is 0.222. The van der Waals surface area contributed by atoms with Gasteiger partial charge in [0.05, 0.1) is 24.6 Å². The van der Waals surface area contributed by atoms with Crippen molar-refractivity contribution in [1.82, 2.24) is 9.58 Å². The topological polar surface area (TPSA) is 46.8 Å². The summed E-state index contributed by atoms with van der Waals surface area (Å²) in [7, 11) is 1.66. The number of hydrogen-bond acceptors (Lipinski definition) is 4. The second-order valence-corrected chi connectivity index (χ2v) is 12.0. The lowest BCUT2D eigenvalue weighted by molar-refractivity contribution is -0.130. The fourth-order valence-corrected chi connectivity index (χ4v) is 6.51. The molecule has 0 radical (unpaired) electrons. The van der Waals surface area contributed by atoms with Crippen LogP contribution in [-0.4, -0.2) is 34.1 Å². The molecule has 0 saturated heterocycles. The molecule has 2 heterocycles. The highest BCUT2D eigenvalue weighted by Gasteiger charge is 2.33. The van der Waals surface area contributed by atoms with Gasteiger partial charge in [0.1, 0.15) is 5.75 Å². The van der Waals surface area contributed by atoms with Gasteiger partial charge in [0.15, 0.2) is 0 Å². The Morgan fingerprint density at radius 1 is 0.929 bits per heavy atom. The number of hydrazone groups is 1. The van der Waals surface area contributed by atoms with Gasteiger partial charge in [-0.2, -0.15) is 5.10 Å². The number of fused-ring (bicyclic) bond motifs is 1. The first-order chi connectivity index (χ1) is 20.4. The van der Waals surface area contributed by atoms with Gasteiger partial charge >= 0.3 is 0 Å². The molecule has 0 spiro atoms. The fourth-order valence-electron chi connectivity index (χ4n) is 5.57. The number of hydrogen-bond donors (Lipinski definition) is 0. The van der Waals surface area contributed by atoms with Crippen LogP contribution in [0.15, 0.2) is 107 Å². The molecule has 5 aromatic rings. The summed E-state index contributed by atoms with van der Waals surface area (Å²) in [6, 6.07) is 31.2. The van der Waals surface area contributed by atoms with Gasteiger partial charge in [-0.3, -0.25) is 4.79 Å². The van der Waals surface area contributed by atoms with Crippen molar-refractivity contribution >= 4 is 34.3 Å². The molecule has 6 heteroatoms. The summed E-state index contributed by atoms with van der Waals surface area (Å²) in [4.78, 5) is 14.9. The van der Waals surface area contributed by atoms with E-state index < -0.39 is 0 Å². The third-order valence-electron chi connectivity index (χ3n) is 8.00. The van der Waals surface area contributed by atoms with E-state index in [1.807, 2.05) is 24.3 Å². The van der Waals surface area contributed by atoms with E-state index in [0.717, 1.165) is 34.0 Å². The van der Waals surface area contributed by atoms with Gasteiger partial charge in [0, 0.05) is 35.0 Å². The van der Waals surface area contributed by atoms with Crippen molar-refractivity contribution < 1.29 is 9.53 Å². The van der Waals surface area contributed by atoms with Gasteiger partial charge in [0.2, 0.25) is 0 Å². The normalized spacial score (nSPS) is 14.8. The van der Waals surface area contributed by atoms with Crippen LogP contribution in [0.4, 0.5) is 0 Å². The van der Waals surface area contributed by atoms with E-state index in [1.165, 1.54) is 33.2 Å². The summed E-state index contributed by atoms with van der Waals surface area (Å²) in [5.41, 5.74) is 9.22. The third-order valence-corrected chi connectivity index (χ3v) is 9.03. The van der Waals surface area contributed by atoms with Crippen LogP contribution in [-0.2, 0) is 11.3 Å². The first-order valence-corrected chi connectivity index (χ1v) is 15.3. The van der Waals surface area contributed by atoms with Gasteiger partial charge < -0.3 is 9.30 Å². The Labute approximate surface area is 251 Å². The van der Waals surface area contributed by atoms with E-state index in [9.17, 15) is 4.79 Å². The minimum absolute atomic E-state index is 0.000413. The molecule has 42 heavy (non-hydrogen) atoms. The number of para-hydroxylation sites is 1. The molecule has 1 atom stereocenters. The quantitative estimate of drug-likeness (QED) is 0.176. The molecule has 0 fully saturated rings. The number of amides is 1. The van der Waals surface area contributed by atoms with E-state index in [0.29, 0.717) is 12.2 Å². The van der Waals surface area contributed by atoms with Gasteiger partial charge in [-0.05, 0) is 73.4 Å². The Balaban J connectivity index is 1.26. The maximum absolute atomic E-state index is 13.8. The minimum Gasteiger partial charge on any atom is -0.497 e. The second-order valence-electron chi connectivity index (χ2n) is 11.0. The Bertz CT molecular complexity index is 1770. The van der Waals surface area contributed by atoms with Crippen LogP contribution in [0.2, 0.25) is 0 Å². The number of aromatic nitrogens is 1. The molecule has 5 nitrogen and oxygen atoms in total. The molecular weight excluding hydrogens is 538 g/mol. The van der Waals surface area contributed by atoms with E-state index in [2.05, 4.69) is 98.3 Å². The molecule has 1 unspecified atom stereocenters. The highest BCUT2D eigenvalue weighted by molar-refractivity contribution is 8.00. The minimum atomic E-state index is -0.138. The van der Waals surface area contributed by atoms with Crippen LogP contribution in [0.3, 0.4) is 0 Å². The summed E-state index contributed by atoms with van der Waals surface area (Å²) >= 11 is 1.59. The molecule has 0 N–H and O–H groups in total. The molecular formula is C36H35N3O2S. The van der Waals surface area contributed by atoms with E-state index in [4.69, 9.17) is 9.84 Å². The molecule has 212 valence electrons. The lowest BCUT2D eigenvalue weighted by Gasteiger charge is -2.22. The zero-order chi connectivity index (χ0) is 29.2. The van der Waals surface area contributed by atoms with Crippen molar-refractivity contribution in [1.29, 1.82) is 0 Å². The molecule has 1 aliphatic rings. The lowest BCUT2D eigenvalue weighted by Crippen LogP contribution is -2.28. The SMILES string of the molecule is COc1ccc(C2=NN(C(=O)CSc3cn(Cc4cc(C)ccc4C)c4ccccc34)C(c3ccc(C)cc3)C2)cc1. The van der Waals surface area contributed by atoms with Crippen LogP contribution in [0.1, 0.15) is 45.8 Å². The summed E-state index contributed by atoms with van der Waals surface area (Å²) in [5.74, 6) is 1.10. The van der Waals surface area contributed by atoms with Crippen molar-refractivity contribution in [3.8, 4) is 5.75 Å². The number of carbonyl (C=O) groups excluding carboxylic acids is 1. The predicted octanol–water partition coefficient (Wildman–Crippen LogP) is 8.09. The summed E-state index contributed by atoms with van der Waals surface area (Å²) in [6.45, 7) is 7.16. The predicted molar refractivity (Wildman–Crippen MR) is 173 cm³/mol. The summed E-state index contributed by atoms with van der Waals surface area (Å²) in [6.07, 6.45) is 2.86. The Morgan fingerprint density at radius 3 is 2.43 bits per heavy atom. The highest BCUT2D eigenvalue weighted by atomic mass is 32.2. The Hall–Kier alpha value is -4.29. The van der Waals surface area contributed by atoms with Crippen molar-refractivity contribution in [2.75, 3.05) is 12.9 Å². The Kier molecular flexibility index (Phi) is 7.90. The smallest absolute Gasteiger partial charge is 0.253 e. The monoisotopic (exact) mass is 573 g/mol. The van der Waals surface area contributed by atoms with E-state index in [1.54, 1.807) is 23.9 Å². The molecule has 4 aromatic carbocycles. The molecule has 1 aromatic heterocycles. The molecule has 1 aliphatic heterocycles. The van der Waals surface area contributed by atoms with Crippen LogP contribution in [0.25, 0.3) is 10.9 Å². The zero-order valence-electron chi connectivity index (χ0n) is 24.5. The van der Waals surface area contributed by atoms with Crippen molar-refractivity contribution in [3.63, 3.8) is 0 Å². The number of aryl methyl sites for hydroxylation is 3. The number of methoxy groups -OCH3 is 1. The van der Waals surface area contributed by atoms with Gasteiger partial charge in [-0.15, -0.1) is 11.8 Å². The first-order valence-electron chi connectivity index (χ1n) is 14.3. The van der Waals surface area contributed by atoms with Gasteiger partial charge in [-0.1, -0.05) is 71.8 Å². The van der Waals surface area contributed by atoms with Crippen molar-refractivity contribution in [2.24, 2.45) is 5.10 Å². The van der Waals surface area contributed by atoms with Crippen LogP contribution in [0, 0.1) is 20.8 Å². The number of benzene rings is 4. The number of ether oxygens (including phenoxy) is 1. The third kappa shape index (κ3) is 5.72. The Morgan fingerprint density at radius 2 is 1.67 bits per heavy atom. The number of carbonyl (C=O) groups is 1. The van der Waals surface area contributed by atoms with Crippen LogP contribution in [0.5, 0.6) is 5.75 Å². The average Bonchev–Trinajstić information content (AvgIpc) is 3.61. The lowest BCUT2D eigenvalue weighted by atomic mass is 9.97. The molecule has 0 aliphatic carbocycles. The van der Waals surface area contributed by atoms with E-state index in [-0.39, 0.29) is 11.9 Å². The zero-order valence-corrected chi connectivity index (χ0v) is 25.3. The van der Waals surface area contributed by atoms with Crippen molar-refractivity contribution in [3.05, 3.63) is 131 Å². The standard InChI is InChI=1S/C36H35N3O2S/c1-24-10-13-28(14-11-24)34-20-32(27-15-17-30(41-4)18-16-27)37-39(34)36(40)23-42-35-22-38(33-8-6-5-7-31(33)35)21-29-19-25(2)9-12-26(29)3/h5-19,22,34H,20-21,23H2,1-4H3. The van der Waals surface area contributed by atoms with Crippen molar-refractivity contribution in [2.45, 2.75) is 44.7 Å². The van der Waals surface area contributed by atoms with Gasteiger partial charge in [-0.25, -0.2) is 5.01 Å². The largest absolute Gasteiger partial charge is 0.497 e. The number of rotatable bonds is 8. The first kappa shape index (κ1) is 27.9. The molecule has 1 amide bonds. The molecule has 0 saturated carbocycles. The molecule has 0 bridgehead atoms. The highest BCUT2D eigenvalue weighted by Crippen LogP contribution is 2.36. The van der Waals surface area contributed by atoms with E-state index >= 15 is 0 Å². The maximum atomic E-state index is 13.8. The second kappa shape index (κ2) is 11.9. The van der Waals surface area contributed by atoms with Crippen LogP contribution < -0.4 is 4.74 Å². The maximum Gasteiger partial charge on any atom is 0.253 e. The number of thioether (sulfide) groups is 1. The summed E-state index contributed by atoms with van der Waals surface area (Å²) in [5, 5.41) is 7.76. The van der Waals surface area contributed by atoms with Crippen LogP contribution >= 0.6 is 11.8 Å². The summed E-state index contributed by atoms with van der Waals surface area (Å²) < 4.78 is 7.63. The van der Waals surface area contributed by atoms with Gasteiger partial charge in [0.25, 0.3) is 5.91 Å². The molecule has 6 rings (SSSR count).